The molecule has 2 rings (SSSR count). The maximum Gasteiger partial charge on any atom is 0.389 e. The molecular formula is C18H25F3O. The molecule has 124 valence electrons. The number of hydrogen-bond acceptors (Lipinski definition) is 1. The molecule has 0 aromatic heterocycles. The lowest BCUT2D eigenvalue weighted by molar-refractivity contribution is -0.133. The highest BCUT2D eigenvalue weighted by molar-refractivity contribution is 5.26. The highest BCUT2D eigenvalue weighted by Gasteiger charge is 2.26. The number of halogens is 3. The third kappa shape index (κ3) is 5.64. The van der Waals surface area contributed by atoms with Crippen molar-refractivity contribution >= 4 is 0 Å². The van der Waals surface area contributed by atoms with Gasteiger partial charge in [-0.1, -0.05) is 31.2 Å². The van der Waals surface area contributed by atoms with Crippen LogP contribution in [0.2, 0.25) is 0 Å². The van der Waals surface area contributed by atoms with Gasteiger partial charge >= 0.3 is 6.18 Å². The summed E-state index contributed by atoms with van der Waals surface area (Å²) in [5, 5.41) is 0. The Labute approximate surface area is 130 Å². The number of hydrogen-bond donors (Lipinski definition) is 0. The zero-order chi connectivity index (χ0) is 16.0. The van der Waals surface area contributed by atoms with Crippen LogP contribution < -0.4 is 0 Å². The van der Waals surface area contributed by atoms with Gasteiger partial charge in [0.25, 0.3) is 0 Å². The number of rotatable bonds is 6. The molecule has 1 aromatic rings. The number of ether oxygens (including phenoxy) is 1. The van der Waals surface area contributed by atoms with Crippen LogP contribution in [0.4, 0.5) is 13.2 Å². The summed E-state index contributed by atoms with van der Waals surface area (Å²) in [6.45, 7) is 2.95. The van der Waals surface area contributed by atoms with Gasteiger partial charge in [-0.25, -0.2) is 0 Å². The van der Waals surface area contributed by atoms with Gasteiger partial charge in [-0.3, -0.25) is 0 Å². The summed E-state index contributed by atoms with van der Waals surface area (Å²) in [6, 6.07) is 7.70. The molecule has 0 heterocycles. The second-order valence-electron chi connectivity index (χ2n) is 6.20. The SMILES string of the molecule is CCCO[C@H]1CC[C@H](c2ccc(CCC(F)(F)F)cc2)CC1. The fourth-order valence-corrected chi connectivity index (χ4v) is 3.09. The van der Waals surface area contributed by atoms with Gasteiger partial charge in [-0.05, 0) is 55.6 Å². The van der Waals surface area contributed by atoms with Crippen LogP contribution in [-0.4, -0.2) is 18.9 Å². The van der Waals surface area contributed by atoms with Crippen molar-refractivity contribution < 1.29 is 17.9 Å². The molecule has 1 fully saturated rings. The molecule has 22 heavy (non-hydrogen) atoms. The van der Waals surface area contributed by atoms with Gasteiger partial charge in [0, 0.05) is 13.0 Å². The molecule has 0 amide bonds. The monoisotopic (exact) mass is 314 g/mol. The summed E-state index contributed by atoms with van der Waals surface area (Å²) in [5.41, 5.74) is 2.02. The van der Waals surface area contributed by atoms with Gasteiger partial charge in [-0.15, -0.1) is 0 Å². The van der Waals surface area contributed by atoms with Gasteiger partial charge in [0.1, 0.15) is 0 Å². The standard InChI is InChI=1S/C18H25F3O/c1-2-13-22-17-9-7-16(8-10-17)15-5-3-14(4-6-15)11-12-18(19,20)21/h3-6,16-17H,2,7-13H2,1H3/t16-,17-. The first-order valence-electron chi connectivity index (χ1n) is 8.25. The minimum atomic E-state index is -4.07. The topological polar surface area (TPSA) is 9.23 Å². The molecule has 0 radical (unpaired) electrons. The van der Waals surface area contributed by atoms with E-state index in [-0.39, 0.29) is 6.42 Å². The molecule has 1 saturated carbocycles. The van der Waals surface area contributed by atoms with Crippen LogP contribution in [0.5, 0.6) is 0 Å². The predicted molar refractivity (Wildman–Crippen MR) is 82.1 cm³/mol. The van der Waals surface area contributed by atoms with Crippen molar-refractivity contribution in [3.63, 3.8) is 0 Å². The van der Waals surface area contributed by atoms with E-state index < -0.39 is 12.6 Å². The van der Waals surface area contributed by atoms with Crippen LogP contribution >= 0.6 is 0 Å². The quantitative estimate of drug-likeness (QED) is 0.661. The second-order valence-corrected chi connectivity index (χ2v) is 6.20. The van der Waals surface area contributed by atoms with Crippen molar-refractivity contribution in [1.29, 1.82) is 0 Å². The van der Waals surface area contributed by atoms with Crippen molar-refractivity contribution in [2.24, 2.45) is 0 Å². The normalized spacial score (nSPS) is 22.7. The zero-order valence-electron chi connectivity index (χ0n) is 13.2. The van der Waals surface area contributed by atoms with Crippen molar-refractivity contribution in [2.75, 3.05) is 6.61 Å². The number of alkyl halides is 3. The Kier molecular flexibility index (Phi) is 6.30. The molecular weight excluding hydrogens is 289 g/mol. The summed E-state index contributed by atoms with van der Waals surface area (Å²) < 4.78 is 42.5. The van der Waals surface area contributed by atoms with Gasteiger partial charge in [-0.2, -0.15) is 13.2 Å². The fraction of sp³-hybridized carbons (Fsp3) is 0.667. The van der Waals surface area contributed by atoms with Crippen molar-refractivity contribution in [3.8, 4) is 0 Å². The Morgan fingerprint density at radius 1 is 1.05 bits per heavy atom. The van der Waals surface area contributed by atoms with Crippen LogP contribution in [0.25, 0.3) is 0 Å². The first kappa shape index (κ1) is 17.3. The van der Waals surface area contributed by atoms with Crippen LogP contribution in [0.1, 0.15) is 62.5 Å². The van der Waals surface area contributed by atoms with Gasteiger partial charge < -0.3 is 4.74 Å². The number of aryl methyl sites for hydroxylation is 1. The average Bonchev–Trinajstić information content (AvgIpc) is 2.51. The summed E-state index contributed by atoms with van der Waals surface area (Å²) in [6.07, 6.45) is 1.08. The largest absolute Gasteiger partial charge is 0.389 e. The van der Waals surface area contributed by atoms with E-state index in [2.05, 4.69) is 6.92 Å². The van der Waals surface area contributed by atoms with Crippen molar-refractivity contribution in [1.82, 2.24) is 0 Å². The van der Waals surface area contributed by atoms with Gasteiger partial charge in [0.05, 0.1) is 6.10 Å². The lowest BCUT2D eigenvalue weighted by Gasteiger charge is -2.29. The van der Waals surface area contributed by atoms with Crippen LogP contribution in [0.3, 0.4) is 0 Å². The minimum Gasteiger partial charge on any atom is -0.378 e. The van der Waals surface area contributed by atoms with E-state index in [1.807, 2.05) is 24.3 Å². The third-order valence-electron chi connectivity index (χ3n) is 4.38. The Balaban J connectivity index is 1.81. The van der Waals surface area contributed by atoms with E-state index in [4.69, 9.17) is 4.74 Å². The second kappa shape index (κ2) is 8.00. The molecule has 0 unspecified atom stereocenters. The summed E-state index contributed by atoms with van der Waals surface area (Å²) >= 11 is 0. The number of benzene rings is 1. The smallest absolute Gasteiger partial charge is 0.378 e. The summed E-state index contributed by atoms with van der Waals surface area (Å²) in [7, 11) is 0. The van der Waals surface area contributed by atoms with E-state index >= 15 is 0 Å². The molecule has 0 N–H and O–H groups in total. The molecule has 0 spiro atoms. The lowest BCUT2D eigenvalue weighted by Crippen LogP contribution is -2.21. The average molecular weight is 314 g/mol. The van der Waals surface area contributed by atoms with Gasteiger partial charge in [0.2, 0.25) is 0 Å². The minimum absolute atomic E-state index is 0.0708. The molecule has 1 nitrogen and oxygen atoms in total. The van der Waals surface area contributed by atoms with Gasteiger partial charge in [0.15, 0.2) is 0 Å². The molecule has 0 atom stereocenters. The van der Waals surface area contributed by atoms with E-state index in [0.717, 1.165) is 44.3 Å². The molecule has 1 aliphatic carbocycles. The van der Waals surface area contributed by atoms with E-state index in [0.29, 0.717) is 12.0 Å². The highest BCUT2D eigenvalue weighted by Crippen LogP contribution is 2.34. The predicted octanol–water partition coefficient (Wildman–Crippen LogP) is 5.63. The Bertz CT molecular complexity index is 431. The first-order valence-corrected chi connectivity index (χ1v) is 8.25. The Morgan fingerprint density at radius 2 is 1.68 bits per heavy atom. The first-order chi connectivity index (χ1) is 10.5. The maximum absolute atomic E-state index is 12.2. The molecule has 1 aliphatic rings. The van der Waals surface area contributed by atoms with E-state index in [9.17, 15) is 13.2 Å². The maximum atomic E-state index is 12.2. The highest BCUT2D eigenvalue weighted by atomic mass is 19.4. The Morgan fingerprint density at radius 3 is 2.23 bits per heavy atom. The van der Waals surface area contributed by atoms with Crippen molar-refractivity contribution in [2.45, 2.75) is 70.1 Å². The molecule has 0 bridgehead atoms. The van der Waals surface area contributed by atoms with E-state index in [1.54, 1.807) is 0 Å². The summed E-state index contributed by atoms with van der Waals surface area (Å²) in [4.78, 5) is 0. The Hall–Kier alpha value is -1.03. The third-order valence-corrected chi connectivity index (χ3v) is 4.38. The lowest BCUT2D eigenvalue weighted by atomic mass is 9.82. The van der Waals surface area contributed by atoms with Crippen LogP contribution in [0, 0.1) is 0 Å². The molecule has 4 heteroatoms. The zero-order valence-corrected chi connectivity index (χ0v) is 13.2. The summed E-state index contributed by atoms with van der Waals surface area (Å²) in [5.74, 6) is 0.526. The van der Waals surface area contributed by atoms with Crippen LogP contribution in [0.15, 0.2) is 24.3 Å². The molecule has 0 saturated heterocycles. The molecule has 1 aromatic carbocycles. The van der Waals surface area contributed by atoms with Crippen molar-refractivity contribution in [3.05, 3.63) is 35.4 Å². The van der Waals surface area contributed by atoms with Crippen LogP contribution in [-0.2, 0) is 11.2 Å². The fourth-order valence-electron chi connectivity index (χ4n) is 3.09. The van der Waals surface area contributed by atoms with E-state index in [1.165, 1.54) is 5.56 Å². The molecule has 0 aliphatic heterocycles.